The first-order valence-corrected chi connectivity index (χ1v) is 6.36. The predicted octanol–water partition coefficient (Wildman–Crippen LogP) is 2.40. The first-order valence-electron chi connectivity index (χ1n) is 6.36. The van der Waals surface area contributed by atoms with Crippen LogP contribution in [0, 0.1) is 0 Å². The van der Waals surface area contributed by atoms with Gasteiger partial charge in [0.25, 0.3) is 0 Å². The fourth-order valence-electron chi connectivity index (χ4n) is 2.71. The molecule has 0 fully saturated rings. The molecule has 96 valence electrons. The molecule has 1 atom stereocenters. The van der Waals surface area contributed by atoms with Crippen LogP contribution in [0.1, 0.15) is 36.8 Å². The molecule has 1 unspecified atom stereocenters. The highest BCUT2D eigenvalue weighted by Gasteiger charge is 2.28. The summed E-state index contributed by atoms with van der Waals surface area (Å²) in [5, 5.41) is 0. The smallest absolute Gasteiger partial charge is 0.306 e. The average Bonchev–Trinajstić information content (AvgIpc) is 2.94. The van der Waals surface area contributed by atoms with Gasteiger partial charge in [0.15, 0.2) is 11.5 Å². The molecule has 0 saturated heterocycles. The van der Waals surface area contributed by atoms with Crippen molar-refractivity contribution < 1.29 is 19.0 Å². The Morgan fingerprint density at radius 1 is 1.39 bits per heavy atom. The first kappa shape index (κ1) is 11.4. The molecule has 0 saturated carbocycles. The van der Waals surface area contributed by atoms with Crippen molar-refractivity contribution in [2.75, 3.05) is 13.4 Å². The molecule has 1 aromatic rings. The number of hydrogen-bond acceptors (Lipinski definition) is 4. The highest BCUT2D eigenvalue weighted by molar-refractivity contribution is 5.71. The standard InChI is InChI=1S/C14H16O4/c1-2-16-14(15)6-10-4-3-9-5-12-13(7-11(9)10)18-8-17-12/h5,7,10H,2-4,6,8H2,1H3. The molecule has 4 nitrogen and oxygen atoms in total. The summed E-state index contributed by atoms with van der Waals surface area (Å²) in [5.74, 6) is 1.76. The summed E-state index contributed by atoms with van der Waals surface area (Å²) in [4.78, 5) is 11.6. The van der Waals surface area contributed by atoms with E-state index < -0.39 is 0 Å². The summed E-state index contributed by atoms with van der Waals surface area (Å²) < 4.78 is 15.8. The number of carbonyl (C=O) groups is 1. The molecule has 0 bridgehead atoms. The van der Waals surface area contributed by atoms with Gasteiger partial charge in [-0.15, -0.1) is 0 Å². The van der Waals surface area contributed by atoms with Gasteiger partial charge in [0.1, 0.15) is 0 Å². The molecule has 0 N–H and O–H groups in total. The number of fused-ring (bicyclic) bond motifs is 2. The summed E-state index contributed by atoms with van der Waals surface area (Å²) in [5.41, 5.74) is 2.49. The van der Waals surface area contributed by atoms with Gasteiger partial charge in [0.2, 0.25) is 6.79 Å². The van der Waals surface area contributed by atoms with Crippen molar-refractivity contribution in [2.24, 2.45) is 0 Å². The maximum atomic E-state index is 11.6. The fraction of sp³-hybridized carbons (Fsp3) is 0.500. The van der Waals surface area contributed by atoms with Gasteiger partial charge in [-0.25, -0.2) is 0 Å². The summed E-state index contributed by atoms with van der Waals surface area (Å²) in [6.45, 7) is 2.57. The zero-order valence-corrected chi connectivity index (χ0v) is 10.4. The van der Waals surface area contributed by atoms with E-state index in [1.54, 1.807) is 0 Å². The molecule has 0 amide bonds. The maximum Gasteiger partial charge on any atom is 0.306 e. The first-order chi connectivity index (χ1) is 8.78. The van der Waals surface area contributed by atoms with E-state index in [4.69, 9.17) is 14.2 Å². The van der Waals surface area contributed by atoms with Crippen molar-refractivity contribution in [3.05, 3.63) is 23.3 Å². The number of carbonyl (C=O) groups excluding carboxylic acids is 1. The Kier molecular flexibility index (Phi) is 2.86. The second-order valence-corrected chi connectivity index (χ2v) is 4.65. The summed E-state index contributed by atoms with van der Waals surface area (Å²) in [6, 6.07) is 4.07. The van der Waals surface area contributed by atoms with E-state index in [0.29, 0.717) is 19.8 Å². The van der Waals surface area contributed by atoms with Crippen LogP contribution in [0.2, 0.25) is 0 Å². The molecule has 4 heteroatoms. The van der Waals surface area contributed by atoms with Crippen molar-refractivity contribution in [3.8, 4) is 11.5 Å². The Morgan fingerprint density at radius 2 is 2.17 bits per heavy atom. The van der Waals surface area contributed by atoms with Gasteiger partial charge in [-0.05, 0) is 48.9 Å². The van der Waals surface area contributed by atoms with Crippen LogP contribution >= 0.6 is 0 Å². The molecule has 1 aliphatic carbocycles. The Morgan fingerprint density at radius 3 is 2.94 bits per heavy atom. The van der Waals surface area contributed by atoms with Gasteiger partial charge in [0.05, 0.1) is 13.0 Å². The Bertz CT molecular complexity index is 481. The number of hydrogen-bond donors (Lipinski definition) is 0. The highest BCUT2D eigenvalue weighted by atomic mass is 16.7. The van der Waals surface area contributed by atoms with Gasteiger partial charge >= 0.3 is 5.97 Å². The molecule has 1 aliphatic heterocycles. The summed E-state index contributed by atoms with van der Waals surface area (Å²) in [6.07, 6.45) is 2.45. The van der Waals surface area contributed by atoms with Gasteiger partial charge < -0.3 is 14.2 Å². The Labute approximate surface area is 106 Å². The normalized spacial score (nSPS) is 19.7. The number of rotatable bonds is 3. The van der Waals surface area contributed by atoms with Crippen LogP contribution in [0.4, 0.5) is 0 Å². The van der Waals surface area contributed by atoms with E-state index in [1.165, 1.54) is 11.1 Å². The summed E-state index contributed by atoms with van der Waals surface area (Å²) >= 11 is 0. The molecule has 0 spiro atoms. The van der Waals surface area contributed by atoms with E-state index in [9.17, 15) is 4.79 Å². The zero-order valence-electron chi connectivity index (χ0n) is 10.4. The van der Waals surface area contributed by atoms with Gasteiger partial charge in [-0.1, -0.05) is 0 Å². The minimum absolute atomic E-state index is 0.118. The largest absolute Gasteiger partial charge is 0.466 e. The summed E-state index contributed by atoms with van der Waals surface area (Å²) in [7, 11) is 0. The maximum absolute atomic E-state index is 11.6. The van der Waals surface area contributed by atoms with Crippen molar-refractivity contribution >= 4 is 5.97 Å². The lowest BCUT2D eigenvalue weighted by molar-refractivity contribution is -0.143. The Hall–Kier alpha value is -1.71. The van der Waals surface area contributed by atoms with Crippen molar-refractivity contribution in [1.29, 1.82) is 0 Å². The van der Waals surface area contributed by atoms with Gasteiger partial charge in [-0.3, -0.25) is 4.79 Å². The van der Waals surface area contributed by atoms with Crippen LogP contribution in [-0.4, -0.2) is 19.4 Å². The lowest BCUT2D eigenvalue weighted by Crippen LogP contribution is -2.08. The number of benzene rings is 1. The van der Waals surface area contributed by atoms with Gasteiger partial charge in [0, 0.05) is 0 Å². The topological polar surface area (TPSA) is 44.8 Å². The minimum atomic E-state index is -0.118. The van der Waals surface area contributed by atoms with E-state index in [0.717, 1.165) is 24.3 Å². The van der Waals surface area contributed by atoms with Crippen LogP contribution < -0.4 is 9.47 Å². The van der Waals surface area contributed by atoms with E-state index >= 15 is 0 Å². The predicted molar refractivity (Wildman–Crippen MR) is 64.9 cm³/mol. The second kappa shape index (κ2) is 4.52. The van der Waals surface area contributed by atoms with Crippen molar-refractivity contribution in [1.82, 2.24) is 0 Å². The molecule has 18 heavy (non-hydrogen) atoms. The fourth-order valence-corrected chi connectivity index (χ4v) is 2.71. The van der Waals surface area contributed by atoms with Crippen molar-refractivity contribution in [3.63, 3.8) is 0 Å². The number of aryl methyl sites for hydroxylation is 1. The lowest BCUT2D eigenvalue weighted by Gasteiger charge is -2.11. The average molecular weight is 248 g/mol. The quantitative estimate of drug-likeness (QED) is 0.770. The van der Waals surface area contributed by atoms with Crippen LogP contribution in [0.3, 0.4) is 0 Å². The molecule has 0 radical (unpaired) electrons. The van der Waals surface area contributed by atoms with Crippen LogP contribution in [0.5, 0.6) is 11.5 Å². The van der Waals surface area contributed by atoms with E-state index in [-0.39, 0.29) is 11.9 Å². The van der Waals surface area contributed by atoms with Crippen LogP contribution in [0.15, 0.2) is 12.1 Å². The Balaban J connectivity index is 1.81. The third-order valence-corrected chi connectivity index (χ3v) is 3.55. The van der Waals surface area contributed by atoms with E-state index in [1.807, 2.05) is 19.1 Å². The molecule has 2 aliphatic rings. The number of ether oxygens (including phenoxy) is 3. The minimum Gasteiger partial charge on any atom is -0.466 e. The SMILES string of the molecule is CCOC(=O)CC1CCc2cc3c(cc21)OCO3. The third-order valence-electron chi connectivity index (χ3n) is 3.55. The van der Waals surface area contributed by atoms with Crippen LogP contribution in [-0.2, 0) is 16.0 Å². The monoisotopic (exact) mass is 248 g/mol. The molecule has 0 aromatic heterocycles. The third kappa shape index (κ3) is 1.92. The number of esters is 1. The second-order valence-electron chi connectivity index (χ2n) is 4.65. The molecule has 1 aromatic carbocycles. The molecule has 1 heterocycles. The van der Waals surface area contributed by atoms with Crippen LogP contribution in [0.25, 0.3) is 0 Å². The lowest BCUT2D eigenvalue weighted by atomic mass is 9.97. The molecule has 3 rings (SSSR count). The van der Waals surface area contributed by atoms with Gasteiger partial charge in [-0.2, -0.15) is 0 Å². The van der Waals surface area contributed by atoms with Crippen molar-refractivity contribution in [2.45, 2.75) is 32.1 Å². The molecular formula is C14H16O4. The van der Waals surface area contributed by atoms with E-state index in [2.05, 4.69) is 0 Å². The highest BCUT2D eigenvalue weighted by Crippen LogP contribution is 2.43. The molecular weight excluding hydrogens is 232 g/mol. The zero-order chi connectivity index (χ0) is 12.5.